The molecular formula is C13H18N4S. The summed E-state index contributed by atoms with van der Waals surface area (Å²) < 4.78 is 2.22. The number of hydrogen-bond donors (Lipinski definition) is 1. The van der Waals surface area contributed by atoms with Crippen molar-refractivity contribution < 1.29 is 0 Å². The van der Waals surface area contributed by atoms with Gasteiger partial charge in [0.1, 0.15) is 5.51 Å². The first-order valence-corrected chi connectivity index (χ1v) is 7.09. The lowest BCUT2D eigenvalue weighted by atomic mass is 9.74. The Balaban J connectivity index is 2.18. The Morgan fingerprint density at radius 2 is 2.28 bits per heavy atom. The van der Waals surface area contributed by atoms with Crippen LogP contribution in [0, 0.1) is 12.3 Å². The zero-order chi connectivity index (χ0) is 12.9. The summed E-state index contributed by atoms with van der Waals surface area (Å²) in [6.07, 6.45) is 2.09. The molecule has 0 radical (unpaired) electrons. The third kappa shape index (κ3) is 1.78. The van der Waals surface area contributed by atoms with E-state index >= 15 is 0 Å². The molecule has 5 heteroatoms. The van der Waals surface area contributed by atoms with E-state index in [1.54, 1.807) is 16.8 Å². The van der Waals surface area contributed by atoms with Gasteiger partial charge in [-0.2, -0.15) is 0 Å². The molecule has 1 atom stereocenters. The van der Waals surface area contributed by atoms with Crippen LogP contribution < -0.4 is 5.73 Å². The molecule has 0 fully saturated rings. The lowest BCUT2D eigenvalue weighted by molar-refractivity contribution is 0.278. The van der Waals surface area contributed by atoms with Gasteiger partial charge < -0.3 is 5.73 Å². The fraction of sp³-hybridized carbons (Fsp3) is 0.538. The summed E-state index contributed by atoms with van der Waals surface area (Å²) in [6.45, 7) is 6.67. The van der Waals surface area contributed by atoms with Crippen LogP contribution in [0.25, 0.3) is 5.13 Å². The van der Waals surface area contributed by atoms with Crippen molar-refractivity contribution in [3.8, 4) is 5.13 Å². The van der Waals surface area contributed by atoms with Crippen molar-refractivity contribution in [2.75, 3.05) is 0 Å². The van der Waals surface area contributed by atoms with Crippen molar-refractivity contribution in [2.24, 2.45) is 11.1 Å². The van der Waals surface area contributed by atoms with Crippen LogP contribution in [0.15, 0.2) is 11.6 Å². The van der Waals surface area contributed by atoms with Crippen LogP contribution in [-0.2, 0) is 6.42 Å². The number of hydrogen-bond acceptors (Lipinski definition) is 4. The average molecular weight is 262 g/mol. The zero-order valence-corrected chi connectivity index (χ0v) is 11.8. The summed E-state index contributed by atoms with van der Waals surface area (Å²) in [5, 5.41) is 9.07. The van der Waals surface area contributed by atoms with E-state index in [1.807, 2.05) is 0 Å². The van der Waals surface area contributed by atoms with Crippen LogP contribution in [0.4, 0.5) is 0 Å². The molecule has 0 aliphatic heterocycles. The summed E-state index contributed by atoms with van der Waals surface area (Å²) in [6, 6.07) is 2.34. The monoisotopic (exact) mass is 262 g/mol. The highest BCUT2D eigenvalue weighted by atomic mass is 32.1. The normalized spacial score (nSPS) is 21.9. The van der Waals surface area contributed by atoms with E-state index in [0.717, 1.165) is 18.0 Å². The molecule has 18 heavy (non-hydrogen) atoms. The predicted molar refractivity (Wildman–Crippen MR) is 73.0 cm³/mol. The number of aromatic nitrogens is 3. The van der Waals surface area contributed by atoms with E-state index < -0.39 is 0 Å². The van der Waals surface area contributed by atoms with Gasteiger partial charge >= 0.3 is 0 Å². The van der Waals surface area contributed by atoms with Gasteiger partial charge in [0.05, 0.1) is 0 Å². The largest absolute Gasteiger partial charge is 0.324 e. The summed E-state index contributed by atoms with van der Waals surface area (Å²) in [5.74, 6) is 0. The highest BCUT2D eigenvalue weighted by Gasteiger charge is 2.33. The molecule has 3 rings (SSSR count). The van der Waals surface area contributed by atoms with E-state index in [4.69, 9.17) is 5.73 Å². The van der Waals surface area contributed by atoms with Crippen LogP contribution in [0.1, 0.15) is 43.3 Å². The van der Waals surface area contributed by atoms with Gasteiger partial charge in [0.25, 0.3) is 0 Å². The lowest BCUT2D eigenvalue weighted by Crippen LogP contribution is -2.30. The molecule has 0 aromatic carbocycles. The Bertz CT molecular complexity index is 568. The van der Waals surface area contributed by atoms with Crippen molar-refractivity contribution in [3.63, 3.8) is 0 Å². The first-order valence-electron chi connectivity index (χ1n) is 6.21. The second kappa shape index (κ2) is 3.90. The van der Waals surface area contributed by atoms with Crippen LogP contribution in [0.2, 0.25) is 0 Å². The molecule has 0 spiro atoms. The van der Waals surface area contributed by atoms with Crippen LogP contribution in [-0.4, -0.2) is 14.8 Å². The third-order valence-electron chi connectivity index (χ3n) is 3.68. The quantitative estimate of drug-likeness (QED) is 0.859. The van der Waals surface area contributed by atoms with Gasteiger partial charge in [-0.3, -0.25) is 4.57 Å². The molecule has 4 nitrogen and oxygen atoms in total. The summed E-state index contributed by atoms with van der Waals surface area (Å²) in [4.78, 5) is 0. The van der Waals surface area contributed by atoms with Crippen LogP contribution in [0.5, 0.6) is 0 Å². The van der Waals surface area contributed by atoms with E-state index in [-0.39, 0.29) is 11.5 Å². The van der Waals surface area contributed by atoms with Gasteiger partial charge in [0, 0.05) is 17.4 Å². The van der Waals surface area contributed by atoms with Crippen LogP contribution in [0.3, 0.4) is 0 Å². The average Bonchev–Trinajstić information content (AvgIpc) is 2.83. The fourth-order valence-corrected chi connectivity index (χ4v) is 3.62. The molecule has 96 valence electrons. The molecule has 2 aromatic rings. The SMILES string of the molecule is Cc1cc2c(n1-c1nncs1)CC(C)(C)CC2N. The molecule has 1 aliphatic rings. The number of nitrogens with two attached hydrogens (primary N) is 1. The summed E-state index contributed by atoms with van der Waals surface area (Å²) >= 11 is 1.57. The minimum absolute atomic E-state index is 0.136. The van der Waals surface area contributed by atoms with Crippen molar-refractivity contribution in [1.29, 1.82) is 0 Å². The Morgan fingerprint density at radius 3 is 2.94 bits per heavy atom. The maximum Gasteiger partial charge on any atom is 0.216 e. The predicted octanol–water partition coefficient (Wildman–Crippen LogP) is 2.61. The molecule has 0 saturated carbocycles. The molecule has 0 saturated heterocycles. The van der Waals surface area contributed by atoms with E-state index in [2.05, 4.69) is 41.6 Å². The van der Waals surface area contributed by atoms with Gasteiger partial charge in [-0.25, -0.2) is 0 Å². The minimum atomic E-state index is 0.136. The Labute approximate surface area is 111 Å². The molecule has 2 heterocycles. The van der Waals surface area contributed by atoms with Crippen molar-refractivity contribution in [2.45, 2.75) is 39.7 Å². The fourth-order valence-electron chi connectivity index (χ4n) is 2.98. The number of aryl methyl sites for hydroxylation is 1. The second-order valence-corrected chi connectivity index (χ2v) is 6.71. The van der Waals surface area contributed by atoms with Crippen molar-refractivity contribution in [1.82, 2.24) is 14.8 Å². The molecule has 2 N–H and O–H groups in total. The summed E-state index contributed by atoms with van der Waals surface area (Å²) in [5.41, 5.74) is 12.1. The molecule has 0 amide bonds. The Hall–Kier alpha value is -1.20. The van der Waals surface area contributed by atoms with Crippen LogP contribution >= 0.6 is 11.3 Å². The van der Waals surface area contributed by atoms with Gasteiger partial charge in [0.15, 0.2) is 0 Å². The minimum Gasteiger partial charge on any atom is -0.324 e. The first-order chi connectivity index (χ1) is 8.48. The second-order valence-electron chi connectivity index (χ2n) is 5.90. The molecule has 1 aliphatic carbocycles. The maximum atomic E-state index is 6.31. The Kier molecular flexibility index (Phi) is 2.57. The molecular weight excluding hydrogens is 244 g/mol. The maximum absolute atomic E-state index is 6.31. The Morgan fingerprint density at radius 1 is 1.50 bits per heavy atom. The van der Waals surface area contributed by atoms with Crippen molar-refractivity contribution in [3.05, 3.63) is 28.5 Å². The van der Waals surface area contributed by atoms with Gasteiger partial charge in [-0.15, -0.1) is 10.2 Å². The highest BCUT2D eigenvalue weighted by molar-refractivity contribution is 7.11. The molecule has 2 aromatic heterocycles. The van der Waals surface area contributed by atoms with E-state index in [9.17, 15) is 0 Å². The number of rotatable bonds is 1. The number of nitrogens with zero attached hydrogens (tertiary/aromatic N) is 3. The zero-order valence-electron chi connectivity index (χ0n) is 11.0. The van der Waals surface area contributed by atoms with E-state index in [1.165, 1.54) is 17.0 Å². The standard InChI is InChI=1S/C13H18N4S/c1-8-4-9-10(14)5-13(2,3)6-11(9)17(8)12-16-15-7-18-12/h4,7,10H,5-6,14H2,1-3H3. The van der Waals surface area contributed by atoms with Crippen molar-refractivity contribution >= 4 is 11.3 Å². The molecule has 1 unspecified atom stereocenters. The molecule has 0 bridgehead atoms. The van der Waals surface area contributed by atoms with Gasteiger partial charge in [0.2, 0.25) is 5.13 Å². The highest BCUT2D eigenvalue weighted by Crippen LogP contribution is 2.41. The van der Waals surface area contributed by atoms with Gasteiger partial charge in [-0.1, -0.05) is 25.2 Å². The summed E-state index contributed by atoms with van der Waals surface area (Å²) in [7, 11) is 0. The number of fused-ring (bicyclic) bond motifs is 1. The smallest absolute Gasteiger partial charge is 0.216 e. The third-order valence-corrected chi connectivity index (χ3v) is 4.35. The van der Waals surface area contributed by atoms with E-state index in [0.29, 0.717) is 0 Å². The topological polar surface area (TPSA) is 56.7 Å². The lowest BCUT2D eigenvalue weighted by Gasteiger charge is -2.34. The first kappa shape index (κ1) is 11.9. The van der Waals surface area contributed by atoms with Gasteiger partial charge in [-0.05, 0) is 36.8 Å².